The van der Waals surface area contributed by atoms with Gasteiger partial charge in [-0.2, -0.15) is 0 Å². The number of ether oxygens (including phenoxy) is 1. The first-order valence-electron chi connectivity index (χ1n) is 5.81. The zero-order valence-corrected chi connectivity index (χ0v) is 11.6. The fourth-order valence-corrected chi connectivity index (χ4v) is 2.46. The zero-order chi connectivity index (χ0) is 13.1. The largest absolute Gasteiger partial charge is 0.378 e. The maximum absolute atomic E-state index is 6.10. The maximum atomic E-state index is 6.10. The highest BCUT2D eigenvalue weighted by Gasteiger charge is 2.20. The molecule has 7 heteroatoms. The van der Waals surface area contributed by atoms with Crippen LogP contribution in [0.15, 0.2) is 6.07 Å². The Morgan fingerprint density at radius 3 is 2.78 bits per heavy atom. The molecule has 2 atom stereocenters. The number of rotatable bonds is 3. The molecule has 2 unspecified atom stereocenters. The predicted octanol–water partition coefficient (Wildman–Crippen LogP) is 2.65. The van der Waals surface area contributed by atoms with Gasteiger partial charge in [0.05, 0.1) is 16.1 Å². The highest BCUT2D eigenvalue weighted by atomic mass is 35.5. The Morgan fingerprint density at radius 1 is 1.39 bits per heavy atom. The Balaban J connectivity index is 2.13. The quantitative estimate of drug-likeness (QED) is 0.590. The first-order valence-corrected chi connectivity index (χ1v) is 6.56. The van der Waals surface area contributed by atoms with Crippen molar-refractivity contribution in [1.82, 2.24) is 4.98 Å². The van der Waals surface area contributed by atoms with Crippen LogP contribution in [0.2, 0.25) is 10.0 Å². The summed E-state index contributed by atoms with van der Waals surface area (Å²) in [5.41, 5.74) is 2.44. The summed E-state index contributed by atoms with van der Waals surface area (Å²) in [6.07, 6.45) is 2.09. The van der Waals surface area contributed by atoms with Gasteiger partial charge in [-0.15, -0.1) is 0 Å². The van der Waals surface area contributed by atoms with Gasteiger partial charge in [0.15, 0.2) is 5.82 Å². The second-order valence-electron chi connectivity index (χ2n) is 4.34. The highest BCUT2D eigenvalue weighted by molar-refractivity contribution is 6.37. The lowest BCUT2D eigenvalue weighted by atomic mass is 10.0. The van der Waals surface area contributed by atoms with Crippen molar-refractivity contribution in [2.45, 2.75) is 31.9 Å². The van der Waals surface area contributed by atoms with Crippen LogP contribution in [0, 0.1) is 0 Å². The summed E-state index contributed by atoms with van der Waals surface area (Å²) in [5, 5.41) is 4.19. The Bertz CT molecular complexity index is 430. The molecule has 1 aliphatic heterocycles. The van der Waals surface area contributed by atoms with Crippen LogP contribution < -0.4 is 16.6 Å². The van der Waals surface area contributed by atoms with Crippen molar-refractivity contribution in [2.75, 3.05) is 17.3 Å². The third-order valence-corrected chi connectivity index (χ3v) is 3.47. The lowest BCUT2D eigenvalue weighted by Crippen LogP contribution is -2.33. The van der Waals surface area contributed by atoms with Crippen LogP contribution in [0.1, 0.15) is 19.8 Å². The zero-order valence-electron chi connectivity index (χ0n) is 10.0. The van der Waals surface area contributed by atoms with Crippen LogP contribution in [0.25, 0.3) is 0 Å². The normalized spacial score (nSPS) is 23.8. The standard InChI is InChI=1S/C11H16Cl2N4O/c1-6-4-7(2-3-18-6)15-10-8(12)5-9(13)11(16-10)17-14/h5-7H,2-4,14H2,1H3,(H2,15,16,17). The molecular weight excluding hydrogens is 275 g/mol. The van der Waals surface area contributed by atoms with Gasteiger partial charge in [-0.1, -0.05) is 23.2 Å². The number of pyridine rings is 1. The van der Waals surface area contributed by atoms with Crippen molar-refractivity contribution in [3.05, 3.63) is 16.1 Å². The van der Waals surface area contributed by atoms with Crippen LogP contribution >= 0.6 is 23.2 Å². The second kappa shape index (κ2) is 5.93. The number of aromatic nitrogens is 1. The highest BCUT2D eigenvalue weighted by Crippen LogP contribution is 2.30. The number of halogens is 2. The summed E-state index contributed by atoms with van der Waals surface area (Å²) < 4.78 is 5.49. The first kappa shape index (κ1) is 13.7. The van der Waals surface area contributed by atoms with E-state index in [0.717, 1.165) is 19.4 Å². The van der Waals surface area contributed by atoms with E-state index in [1.165, 1.54) is 0 Å². The summed E-state index contributed by atoms with van der Waals surface area (Å²) in [7, 11) is 0. The van der Waals surface area contributed by atoms with E-state index >= 15 is 0 Å². The topological polar surface area (TPSA) is 72.2 Å². The maximum Gasteiger partial charge on any atom is 0.161 e. The molecule has 18 heavy (non-hydrogen) atoms. The molecule has 0 amide bonds. The van der Waals surface area contributed by atoms with E-state index in [2.05, 4.69) is 22.7 Å². The molecule has 1 aliphatic rings. The SMILES string of the molecule is CC1CC(Nc2nc(NN)c(Cl)cc2Cl)CCO1. The molecule has 2 rings (SSSR count). The number of nitrogen functional groups attached to an aromatic ring is 1. The van der Waals surface area contributed by atoms with Gasteiger partial charge in [0, 0.05) is 12.6 Å². The number of hydrazine groups is 1. The fourth-order valence-electron chi connectivity index (χ4n) is 1.99. The molecule has 5 nitrogen and oxygen atoms in total. The Morgan fingerprint density at radius 2 is 2.11 bits per heavy atom. The number of hydrogen-bond donors (Lipinski definition) is 3. The minimum atomic E-state index is 0.245. The average molecular weight is 291 g/mol. The van der Waals surface area contributed by atoms with E-state index in [-0.39, 0.29) is 6.10 Å². The van der Waals surface area contributed by atoms with E-state index in [4.69, 9.17) is 33.8 Å². The minimum absolute atomic E-state index is 0.245. The van der Waals surface area contributed by atoms with Gasteiger partial charge in [-0.05, 0) is 25.8 Å². The van der Waals surface area contributed by atoms with E-state index in [1.54, 1.807) is 6.07 Å². The van der Waals surface area contributed by atoms with Crippen molar-refractivity contribution in [3.63, 3.8) is 0 Å². The summed E-state index contributed by atoms with van der Waals surface area (Å²) >= 11 is 12.0. The van der Waals surface area contributed by atoms with E-state index in [9.17, 15) is 0 Å². The van der Waals surface area contributed by atoms with Crippen molar-refractivity contribution >= 4 is 34.8 Å². The number of hydrogen-bond acceptors (Lipinski definition) is 5. The fraction of sp³-hybridized carbons (Fsp3) is 0.545. The van der Waals surface area contributed by atoms with Gasteiger partial charge in [0.25, 0.3) is 0 Å². The summed E-state index contributed by atoms with van der Waals surface area (Å²) in [6.45, 7) is 2.80. The van der Waals surface area contributed by atoms with Gasteiger partial charge in [-0.3, -0.25) is 0 Å². The average Bonchev–Trinajstić information content (AvgIpc) is 2.33. The molecule has 0 spiro atoms. The number of nitrogens with one attached hydrogen (secondary N) is 2. The minimum Gasteiger partial charge on any atom is -0.378 e. The molecule has 1 aromatic heterocycles. The molecule has 4 N–H and O–H groups in total. The van der Waals surface area contributed by atoms with E-state index in [1.807, 2.05) is 0 Å². The first-order chi connectivity index (χ1) is 8.60. The molecule has 0 aromatic carbocycles. The lowest BCUT2D eigenvalue weighted by Gasteiger charge is -2.28. The Labute approximate surface area is 116 Å². The molecule has 100 valence electrons. The predicted molar refractivity (Wildman–Crippen MR) is 74.1 cm³/mol. The molecule has 0 aliphatic carbocycles. The van der Waals surface area contributed by atoms with E-state index < -0.39 is 0 Å². The van der Waals surface area contributed by atoms with Crippen LogP contribution in [-0.4, -0.2) is 23.7 Å². The van der Waals surface area contributed by atoms with Gasteiger partial charge in [0.2, 0.25) is 0 Å². The smallest absolute Gasteiger partial charge is 0.161 e. The molecule has 2 heterocycles. The van der Waals surface area contributed by atoms with Gasteiger partial charge >= 0.3 is 0 Å². The summed E-state index contributed by atoms with van der Waals surface area (Å²) in [6, 6.07) is 1.92. The Hall–Kier alpha value is -0.750. The number of nitrogens with zero attached hydrogens (tertiary/aromatic N) is 1. The second-order valence-corrected chi connectivity index (χ2v) is 5.16. The third-order valence-electron chi connectivity index (χ3n) is 2.89. The summed E-state index contributed by atoms with van der Waals surface area (Å²) in [5.74, 6) is 6.33. The number of anilines is 2. The third kappa shape index (κ3) is 3.17. The molecule has 1 saturated heterocycles. The van der Waals surface area contributed by atoms with Crippen LogP contribution in [0.5, 0.6) is 0 Å². The lowest BCUT2D eigenvalue weighted by molar-refractivity contribution is 0.0232. The van der Waals surface area contributed by atoms with Gasteiger partial charge in [-0.25, -0.2) is 10.8 Å². The van der Waals surface area contributed by atoms with Gasteiger partial charge in [0.1, 0.15) is 5.82 Å². The van der Waals surface area contributed by atoms with Crippen molar-refractivity contribution in [1.29, 1.82) is 0 Å². The summed E-state index contributed by atoms with van der Waals surface area (Å²) in [4.78, 5) is 4.26. The van der Waals surface area contributed by atoms with Crippen molar-refractivity contribution < 1.29 is 4.74 Å². The van der Waals surface area contributed by atoms with Crippen molar-refractivity contribution in [2.24, 2.45) is 5.84 Å². The van der Waals surface area contributed by atoms with Gasteiger partial charge < -0.3 is 15.5 Å². The van der Waals surface area contributed by atoms with Crippen molar-refractivity contribution in [3.8, 4) is 0 Å². The molecule has 1 fully saturated rings. The Kier molecular flexibility index (Phi) is 4.50. The number of nitrogens with two attached hydrogens (primary N) is 1. The van der Waals surface area contributed by atoms with E-state index in [0.29, 0.717) is 27.7 Å². The molecule has 0 saturated carbocycles. The molecule has 0 bridgehead atoms. The van der Waals surface area contributed by atoms with Crippen LogP contribution in [-0.2, 0) is 4.74 Å². The molecular formula is C11H16Cl2N4O. The monoisotopic (exact) mass is 290 g/mol. The molecule has 1 aromatic rings. The molecule has 0 radical (unpaired) electrons. The van der Waals surface area contributed by atoms with Crippen LogP contribution in [0.4, 0.5) is 11.6 Å². The van der Waals surface area contributed by atoms with Crippen LogP contribution in [0.3, 0.4) is 0 Å².